The summed E-state index contributed by atoms with van der Waals surface area (Å²) in [6, 6.07) is 19.0. The van der Waals surface area contributed by atoms with Crippen LogP contribution < -0.4 is 0 Å². The van der Waals surface area contributed by atoms with Crippen molar-refractivity contribution in [1.29, 1.82) is 0 Å². The monoisotopic (exact) mass is 442 g/mol. The van der Waals surface area contributed by atoms with E-state index in [9.17, 15) is 4.39 Å². The molecule has 1 saturated heterocycles. The molecule has 154 valence electrons. The molecule has 0 bridgehead atoms. The van der Waals surface area contributed by atoms with E-state index in [-0.39, 0.29) is 11.7 Å². The van der Waals surface area contributed by atoms with Crippen LogP contribution >= 0.6 is 23.2 Å². The summed E-state index contributed by atoms with van der Waals surface area (Å²) in [5.74, 6) is -0.433. The molecule has 2 aliphatic heterocycles. The van der Waals surface area contributed by atoms with Crippen LogP contribution in [0.25, 0.3) is 0 Å². The number of benzene rings is 2. The first-order chi connectivity index (χ1) is 14.5. The Bertz CT molecular complexity index is 1060. The molecule has 0 aliphatic carbocycles. The van der Waals surface area contributed by atoms with Crippen molar-refractivity contribution in [2.75, 3.05) is 13.1 Å². The lowest BCUT2D eigenvalue weighted by Gasteiger charge is -2.39. The zero-order valence-corrected chi connectivity index (χ0v) is 17.8. The second kappa shape index (κ2) is 7.93. The quantitative estimate of drug-likeness (QED) is 0.455. The van der Waals surface area contributed by atoms with Gasteiger partial charge in [0.1, 0.15) is 6.10 Å². The summed E-state index contributed by atoms with van der Waals surface area (Å²) < 4.78 is 20.2. The second-order valence-corrected chi connectivity index (χ2v) is 8.88. The van der Waals surface area contributed by atoms with Crippen LogP contribution in [0.1, 0.15) is 41.3 Å². The van der Waals surface area contributed by atoms with Crippen molar-refractivity contribution in [2.24, 2.45) is 0 Å². The largest absolute Gasteiger partial charge is 0.358 e. The highest BCUT2D eigenvalue weighted by Crippen LogP contribution is 2.51. The molecule has 5 rings (SSSR count). The van der Waals surface area contributed by atoms with Gasteiger partial charge in [-0.15, -0.1) is 0 Å². The fraction of sp³-hybridized carbons (Fsp3) is 0.292. The van der Waals surface area contributed by atoms with E-state index in [1.807, 2.05) is 24.3 Å². The highest BCUT2D eigenvalue weighted by molar-refractivity contribution is 6.34. The minimum Gasteiger partial charge on any atom is -0.358 e. The number of ether oxygens (including phenoxy) is 1. The van der Waals surface area contributed by atoms with E-state index in [0.717, 1.165) is 37.2 Å². The molecular formula is C24H21Cl2FN2O. The van der Waals surface area contributed by atoms with Crippen LogP contribution in [0.4, 0.5) is 4.39 Å². The van der Waals surface area contributed by atoms with Gasteiger partial charge < -0.3 is 4.74 Å². The van der Waals surface area contributed by atoms with Gasteiger partial charge in [-0.2, -0.15) is 4.39 Å². The predicted octanol–water partition coefficient (Wildman–Crippen LogP) is 6.14. The number of piperidine rings is 1. The molecule has 3 nitrogen and oxygen atoms in total. The van der Waals surface area contributed by atoms with Crippen molar-refractivity contribution in [3.05, 3.63) is 99.0 Å². The van der Waals surface area contributed by atoms with Crippen LogP contribution in [0.2, 0.25) is 10.0 Å². The van der Waals surface area contributed by atoms with Gasteiger partial charge in [-0.25, -0.2) is 4.98 Å². The number of nitrogens with zero attached hydrogens (tertiary/aromatic N) is 2. The summed E-state index contributed by atoms with van der Waals surface area (Å²) in [5, 5.41) is 1.22. The number of fused-ring (bicyclic) bond motifs is 2. The summed E-state index contributed by atoms with van der Waals surface area (Å²) in [7, 11) is 0. The molecule has 0 N–H and O–H groups in total. The molecule has 1 fully saturated rings. The first kappa shape index (κ1) is 20.0. The maximum Gasteiger partial charge on any atom is 0.213 e. The molecule has 0 amide bonds. The molecule has 2 aliphatic rings. The molecule has 3 aromatic rings. The zero-order valence-electron chi connectivity index (χ0n) is 16.3. The van der Waals surface area contributed by atoms with E-state index >= 15 is 0 Å². The average Bonchev–Trinajstić information content (AvgIpc) is 3.04. The van der Waals surface area contributed by atoms with E-state index in [1.165, 1.54) is 17.2 Å². The van der Waals surface area contributed by atoms with Crippen LogP contribution in [0.5, 0.6) is 0 Å². The van der Waals surface area contributed by atoms with Gasteiger partial charge in [0, 0.05) is 29.7 Å². The van der Waals surface area contributed by atoms with E-state index in [0.29, 0.717) is 16.6 Å². The highest BCUT2D eigenvalue weighted by Gasteiger charge is 2.47. The van der Waals surface area contributed by atoms with Crippen LogP contribution in [0.15, 0.2) is 60.7 Å². The van der Waals surface area contributed by atoms with Crippen molar-refractivity contribution >= 4 is 23.2 Å². The van der Waals surface area contributed by atoms with Gasteiger partial charge in [0.25, 0.3) is 0 Å². The van der Waals surface area contributed by atoms with Gasteiger partial charge in [-0.1, -0.05) is 53.5 Å². The third-order valence-corrected chi connectivity index (χ3v) is 6.52. The molecule has 1 aromatic heterocycles. The molecule has 30 heavy (non-hydrogen) atoms. The Morgan fingerprint density at radius 3 is 2.47 bits per heavy atom. The Hall–Kier alpha value is -1.98. The number of aromatic nitrogens is 1. The number of rotatable bonds is 3. The Labute approximate surface area is 185 Å². The summed E-state index contributed by atoms with van der Waals surface area (Å²) in [4.78, 5) is 6.30. The fourth-order valence-corrected chi connectivity index (χ4v) is 5.24. The van der Waals surface area contributed by atoms with Crippen molar-refractivity contribution in [3.63, 3.8) is 0 Å². The van der Waals surface area contributed by atoms with Crippen LogP contribution in [-0.4, -0.2) is 23.0 Å². The number of hydrogen-bond acceptors (Lipinski definition) is 3. The van der Waals surface area contributed by atoms with Crippen molar-refractivity contribution in [1.82, 2.24) is 9.88 Å². The molecule has 6 heteroatoms. The summed E-state index contributed by atoms with van der Waals surface area (Å²) in [5.41, 5.74) is 3.82. The average molecular weight is 443 g/mol. The lowest BCUT2D eigenvalue weighted by atomic mass is 9.83. The molecule has 1 atom stereocenters. The zero-order chi connectivity index (χ0) is 20.7. The summed E-state index contributed by atoms with van der Waals surface area (Å²) in [6.07, 6.45) is 1.54. The van der Waals surface area contributed by atoms with Crippen molar-refractivity contribution in [3.8, 4) is 0 Å². The van der Waals surface area contributed by atoms with Crippen LogP contribution in [0, 0.1) is 5.95 Å². The first-order valence-electron chi connectivity index (χ1n) is 10.1. The molecule has 0 radical (unpaired) electrons. The van der Waals surface area contributed by atoms with Gasteiger partial charge in [-0.3, -0.25) is 4.90 Å². The maximum atomic E-state index is 13.4. The lowest BCUT2D eigenvalue weighted by Crippen LogP contribution is -2.42. The SMILES string of the molecule is Fc1cccc(CN2CCC3(CC2)OC(c2cc(Cl)cc(Cl)c2)c2ccccc23)n1. The molecule has 2 aromatic carbocycles. The van der Waals surface area contributed by atoms with E-state index < -0.39 is 5.95 Å². The Balaban J connectivity index is 1.39. The molecular weight excluding hydrogens is 422 g/mol. The second-order valence-electron chi connectivity index (χ2n) is 8.01. The normalized spacial score (nSPS) is 20.4. The van der Waals surface area contributed by atoms with Gasteiger partial charge in [-0.05, 0) is 59.9 Å². The topological polar surface area (TPSA) is 25.4 Å². The minimum absolute atomic E-state index is 0.186. The van der Waals surface area contributed by atoms with E-state index in [2.05, 4.69) is 28.1 Å². The number of halogens is 3. The number of likely N-dealkylation sites (tertiary alicyclic amines) is 1. The van der Waals surface area contributed by atoms with Gasteiger partial charge >= 0.3 is 0 Å². The third-order valence-electron chi connectivity index (χ3n) is 6.09. The van der Waals surface area contributed by atoms with Crippen LogP contribution in [-0.2, 0) is 16.9 Å². The Morgan fingerprint density at radius 2 is 1.73 bits per heavy atom. The van der Waals surface area contributed by atoms with E-state index in [1.54, 1.807) is 12.1 Å². The lowest BCUT2D eigenvalue weighted by molar-refractivity contribution is -0.0979. The standard InChI is InChI=1S/C24H21Cl2FN2O/c25-17-12-16(13-18(26)14-17)23-20-5-1-2-6-21(20)24(30-23)8-10-29(11-9-24)15-19-4-3-7-22(27)28-19/h1-7,12-14,23H,8-11,15H2. The maximum absolute atomic E-state index is 13.4. The summed E-state index contributed by atoms with van der Waals surface area (Å²) >= 11 is 12.5. The summed E-state index contributed by atoms with van der Waals surface area (Å²) in [6.45, 7) is 2.36. The molecule has 0 saturated carbocycles. The van der Waals surface area contributed by atoms with Crippen molar-refractivity contribution in [2.45, 2.75) is 31.1 Å². The molecule has 1 spiro atoms. The van der Waals surface area contributed by atoms with Crippen molar-refractivity contribution < 1.29 is 9.13 Å². The molecule has 1 unspecified atom stereocenters. The number of hydrogen-bond donors (Lipinski definition) is 0. The van der Waals surface area contributed by atoms with Gasteiger partial charge in [0.15, 0.2) is 0 Å². The smallest absolute Gasteiger partial charge is 0.213 e. The third kappa shape index (κ3) is 3.74. The first-order valence-corrected chi connectivity index (χ1v) is 10.9. The fourth-order valence-electron chi connectivity index (χ4n) is 4.69. The predicted molar refractivity (Wildman–Crippen MR) is 116 cm³/mol. The number of pyridine rings is 1. The van der Waals surface area contributed by atoms with Gasteiger partial charge in [0.2, 0.25) is 5.95 Å². The highest BCUT2D eigenvalue weighted by atomic mass is 35.5. The Morgan fingerprint density at radius 1 is 1.00 bits per heavy atom. The van der Waals surface area contributed by atoms with Crippen LogP contribution in [0.3, 0.4) is 0 Å². The molecule has 3 heterocycles. The minimum atomic E-state index is -0.433. The Kier molecular flexibility index (Phi) is 5.28. The van der Waals surface area contributed by atoms with E-state index in [4.69, 9.17) is 27.9 Å². The van der Waals surface area contributed by atoms with Gasteiger partial charge in [0.05, 0.1) is 11.3 Å².